The number of benzene rings is 2. The van der Waals surface area contributed by atoms with Crippen molar-refractivity contribution in [3.8, 4) is 28.1 Å². The van der Waals surface area contributed by atoms with Crippen LogP contribution in [0.3, 0.4) is 0 Å². The van der Waals surface area contributed by atoms with E-state index in [-0.39, 0.29) is 18.9 Å². The van der Waals surface area contributed by atoms with Gasteiger partial charge in [-0.05, 0) is 128 Å². The molecule has 0 aliphatic carbocycles. The molecule has 0 radical (unpaired) electrons. The van der Waals surface area contributed by atoms with E-state index in [0.717, 1.165) is 57.6 Å². The van der Waals surface area contributed by atoms with Crippen LogP contribution in [-0.2, 0) is 44.9 Å². The standard InChI is InChI=1S/C50H71N5O6Si/c1-14-35-20-21-51-29-41(35)45-40-28-50(12,13)30-59-47(57)42-17-16-22-55(53-42)46(56)43(52-48(58)60-49(9,10)11)25-34-23-37(36-18-19-44(39(40)27-36)54(45)15-2)26-38(24-34)61-62(31(3)4,32(5)6)33(7)8/h18-21,23-24,26-27,29,31-33,42-43,53H,14-17,22,25,28,30H2,1-13H3,(H,52,58)/t42-,43-/m0/s1. The lowest BCUT2D eigenvalue weighted by molar-refractivity contribution is -0.155. The van der Waals surface area contributed by atoms with Gasteiger partial charge in [0.05, 0.1) is 12.3 Å². The quantitative estimate of drug-likeness (QED) is 0.126. The predicted molar refractivity (Wildman–Crippen MR) is 251 cm³/mol. The van der Waals surface area contributed by atoms with E-state index in [0.29, 0.717) is 42.4 Å². The summed E-state index contributed by atoms with van der Waals surface area (Å²) in [5.41, 5.74) is 11.5. The summed E-state index contributed by atoms with van der Waals surface area (Å²) < 4.78 is 21.6. The van der Waals surface area contributed by atoms with Crippen LogP contribution in [0.1, 0.15) is 120 Å². The number of fused-ring (bicyclic) bond motifs is 6. The van der Waals surface area contributed by atoms with E-state index in [4.69, 9.17) is 13.9 Å². The van der Waals surface area contributed by atoms with E-state index in [1.54, 1.807) is 20.8 Å². The molecule has 4 heterocycles. The third-order valence-corrected chi connectivity index (χ3v) is 18.8. The number of amides is 2. The normalized spacial score (nSPS) is 18.9. The van der Waals surface area contributed by atoms with Crippen molar-refractivity contribution in [3.63, 3.8) is 0 Å². The van der Waals surface area contributed by atoms with E-state index < -0.39 is 43.5 Å². The van der Waals surface area contributed by atoms with E-state index in [2.05, 4.69) is 126 Å². The first-order valence-corrected chi connectivity index (χ1v) is 25.0. The molecule has 336 valence electrons. The lowest BCUT2D eigenvalue weighted by Crippen LogP contribution is -2.60. The molecule has 6 rings (SSSR count). The van der Waals surface area contributed by atoms with Crippen LogP contribution in [0.25, 0.3) is 33.3 Å². The Morgan fingerprint density at radius 2 is 1.71 bits per heavy atom. The topological polar surface area (TPSA) is 124 Å². The van der Waals surface area contributed by atoms with Crippen molar-refractivity contribution < 1.29 is 28.3 Å². The number of cyclic esters (lactones) is 1. The highest BCUT2D eigenvalue weighted by atomic mass is 28.4. The number of carbonyl (C=O) groups excluding carboxylic acids is 3. The monoisotopic (exact) mass is 866 g/mol. The van der Waals surface area contributed by atoms with E-state index in [1.165, 1.54) is 16.1 Å². The molecule has 0 spiro atoms. The fourth-order valence-corrected chi connectivity index (χ4v) is 15.2. The Morgan fingerprint density at radius 1 is 1.00 bits per heavy atom. The highest BCUT2D eigenvalue weighted by molar-refractivity contribution is 6.78. The molecular weight excluding hydrogens is 795 g/mol. The fourth-order valence-electron chi connectivity index (χ4n) is 10.0. The number of pyridine rings is 1. The zero-order valence-corrected chi connectivity index (χ0v) is 40.5. The number of nitrogens with one attached hydrogen (secondary N) is 2. The summed E-state index contributed by atoms with van der Waals surface area (Å²) in [4.78, 5) is 46.6. The Kier molecular flexibility index (Phi) is 14.0. The molecule has 0 saturated carbocycles. The number of hydrazine groups is 1. The maximum Gasteiger partial charge on any atom is 0.408 e. The molecule has 62 heavy (non-hydrogen) atoms. The molecule has 1 fully saturated rings. The Bertz CT molecular complexity index is 2250. The van der Waals surface area contributed by atoms with Crippen molar-refractivity contribution in [2.24, 2.45) is 5.41 Å². The molecule has 6 bridgehead atoms. The minimum atomic E-state index is -2.43. The van der Waals surface area contributed by atoms with Crippen LogP contribution in [0.2, 0.25) is 16.6 Å². The molecule has 12 heteroatoms. The fraction of sp³-hybridized carbons (Fsp3) is 0.560. The molecule has 2 aliphatic rings. The summed E-state index contributed by atoms with van der Waals surface area (Å²) in [6.45, 7) is 29.0. The molecule has 2 atom stereocenters. The van der Waals surface area contributed by atoms with E-state index in [1.807, 2.05) is 18.5 Å². The summed E-state index contributed by atoms with van der Waals surface area (Å²) in [6.07, 6.45) is 5.92. The molecule has 2 aromatic heterocycles. The van der Waals surface area contributed by atoms with Gasteiger partial charge in [-0.2, -0.15) is 0 Å². The number of aromatic nitrogens is 2. The number of alkyl carbamates (subject to hydrolysis) is 1. The van der Waals surface area contributed by atoms with Gasteiger partial charge >= 0.3 is 12.1 Å². The second-order valence-corrected chi connectivity index (χ2v) is 25.5. The van der Waals surface area contributed by atoms with Gasteiger partial charge in [-0.1, -0.05) is 74.4 Å². The lowest BCUT2D eigenvalue weighted by Gasteiger charge is -2.42. The molecule has 2 aliphatic heterocycles. The summed E-state index contributed by atoms with van der Waals surface area (Å²) in [6, 6.07) is 13.4. The highest BCUT2D eigenvalue weighted by Crippen LogP contribution is 2.45. The second kappa shape index (κ2) is 18.6. The number of carbonyl (C=O) groups is 3. The van der Waals surface area contributed by atoms with Crippen LogP contribution in [-0.4, -0.2) is 71.7 Å². The number of esters is 1. The summed E-state index contributed by atoms with van der Waals surface area (Å²) in [5.74, 6) is -0.0116. The van der Waals surface area contributed by atoms with Crippen molar-refractivity contribution in [1.29, 1.82) is 0 Å². The van der Waals surface area contributed by atoms with Gasteiger partial charge in [-0.15, -0.1) is 0 Å². The van der Waals surface area contributed by atoms with Crippen molar-refractivity contribution >= 4 is 37.2 Å². The molecule has 1 saturated heterocycles. The Morgan fingerprint density at radius 3 is 2.35 bits per heavy atom. The first-order chi connectivity index (χ1) is 29.2. The maximum absolute atomic E-state index is 14.6. The van der Waals surface area contributed by atoms with Crippen molar-refractivity contribution in [2.45, 2.75) is 163 Å². The van der Waals surface area contributed by atoms with Crippen LogP contribution in [0.15, 0.2) is 54.9 Å². The van der Waals surface area contributed by atoms with Crippen LogP contribution >= 0.6 is 0 Å². The predicted octanol–water partition coefficient (Wildman–Crippen LogP) is 10.6. The third-order valence-electron chi connectivity index (χ3n) is 12.8. The lowest BCUT2D eigenvalue weighted by atomic mass is 9.84. The molecule has 2 amide bonds. The zero-order valence-electron chi connectivity index (χ0n) is 39.5. The van der Waals surface area contributed by atoms with Gasteiger partial charge in [0.2, 0.25) is 0 Å². The average molecular weight is 866 g/mol. The van der Waals surface area contributed by atoms with Crippen LogP contribution in [0.4, 0.5) is 4.79 Å². The number of aryl methyl sites for hydroxylation is 2. The largest absolute Gasteiger partial charge is 0.543 e. The van der Waals surface area contributed by atoms with Gasteiger partial charge in [0.25, 0.3) is 14.2 Å². The van der Waals surface area contributed by atoms with E-state index in [9.17, 15) is 14.4 Å². The molecule has 11 nitrogen and oxygen atoms in total. The smallest absolute Gasteiger partial charge is 0.408 e. The molecule has 0 unspecified atom stereocenters. The van der Waals surface area contributed by atoms with E-state index >= 15 is 0 Å². The van der Waals surface area contributed by atoms with Crippen LogP contribution < -0.4 is 15.2 Å². The average Bonchev–Trinajstić information content (AvgIpc) is 3.51. The SMILES string of the molecule is CCc1ccncc1-c1c2c3cc(ccc3n1CC)-c1cc(cc(O[Si](C(C)C)(C(C)C)C(C)C)c1)C[C@H](NC(=O)OC(C)(C)C)C(=O)N1CCC[C@H](N1)C(=O)OCC(C)(C)C2. The molecule has 4 aromatic rings. The minimum Gasteiger partial charge on any atom is -0.543 e. The number of nitrogens with zero attached hydrogens (tertiary/aromatic N) is 3. The van der Waals surface area contributed by atoms with Gasteiger partial charge in [-0.25, -0.2) is 10.2 Å². The summed E-state index contributed by atoms with van der Waals surface area (Å²) in [5, 5.41) is 5.51. The molecule has 2 N–H and O–H groups in total. The first kappa shape index (κ1) is 46.8. The zero-order chi connectivity index (χ0) is 45.3. The Hall–Kier alpha value is -4.68. The molecular formula is C50H71N5O6Si. The summed E-state index contributed by atoms with van der Waals surface area (Å²) >= 11 is 0. The molecule has 2 aromatic carbocycles. The third kappa shape index (κ3) is 9.91. The number of rotatable bonds is 9. The number of hydrogen-bond acceptors (Lipinski definition) is 8. The van der Waals surface area contributed by atoms with Gasteiger partial charge < -0.3 is 23.8 Å². The summed E-state index contributed by atoms with van der Waals surface area (Å²) in [7, 11) is -2.43. The second-order valence-electron chi connectivity index (χ2n) is 20.1. The Labute approximate surface area is 370 Å². The van der Waals surface area contributed by atoms with Crippen molar-refractivity contribution in [3.05, 3.63) is 71.5 Å². The van der Waals surface area contributed by atoms with Gasteiger partial charge in [0, 0.05) is 53.8 Å². The highest BCUT2D eigenvalue weighted by Gasteiger charge is 2.47. The van der Waals surface area contributed by atoms with Gasteiger partial charge in [-0.3, -0.25) is 19.6 Å². The first-order valence-electron chi connectivity index (χ1n) is 22.8. The maximum atomic E-state index is 14.6. The number of ether oxygens (including phenoxy) is 2. The van der Waals surface area contributed by atoms with Crippen LogP contribution in [0, 0.1) is 5.41 Å². The minimum absolute atomic E-state index is 0.161. The van der Waals surface area contributed by atoms with Crippen molar-refractivity contribution in [2.75, 3.05) is 13.2 Å². The number of hydrogen-bond donors (Lipinski definition) is 2. The Balaban J connectivity index is 1.62. The van der Waals surface area contributed by atoms with Gasteiger partial charge in [0.1, 0.15) is 23.4 Å². The van der Waals surface area contributed by atoms with Crippen molar-refractivity contribution in [1.82, 2.24) is 25.3 Å². The van der Waals surface area contributed by atoms with Crippen LogP contribution in [0.5, 0.6) is 5.75 Å². The van der Waals surface area contributed by atoms with Gasteiger partial charge in [0.15, 0.2) is 0 Å².